The molecule has 29 heavy (non-hydrogen) atoms. The first-order chi connectivity index (χ1) is 13.8. The summed E-state index contributed by atoms with van der Waals surface area (Å²) in [5.41, 5.74) is 3.87. The molecule has 1 atom stereocenters. The van der Waals surface area contributed by atoms with Crippen molar-refractivity contribution >= 4 is 33.2 Å². The van der Waals surface area contributed by atoms with Gasteiger partial charge in [-0.1, -0.05) is 41.9 Å². The van der Waals surface area contributed by atoms with Gasteiger partial charge in [0.05, 0.1) is 18.0 Å². The molecular formula is C22H27ClN2O3S. The van der Waals surface area contributed by atoms with Crippen LogP contribution in [0.2, 0.25) is 5.02 Å². The van der Waals surface area contributed by atoms with Gasteiger partial charge in [-0.15, -0.1) is 0 Å². The SMILES string of the molecule is Cc1ccc(Cl)cc1N(CCCC(=O)N[C@H]1CCCc2ccccc21)S(C)(=O)=O. The fraction of sp³-hybridized carbons (Fsp3) is 0.409. The zero-order valence-corrected chi connectivity index (χ0v) is 18.4. The molecule has 0 fully saturated rings. The number of anilines is 1. The van der Waals surface area contributed by atoms with E-state index < -0.39 is 10.0 Å². The number of nitrogens with one attached hydrogen (secondary N) is 1. The van der Waals surface area contributed by atoms with Crippen molar-refractivity contribution in [2.24, 2.45) is 0 Å². The van der Waals surface area contributed by atoms with E-state index in [-0.39, 0.29) is 24.9 Å². The Hall–Kier alpha value is -2.05. The Labute approximate surface area is 178 Å². The molecule has 2 aromatic rings. The van der Waals surface area contributed by atoms with Crippen LogP contribution in [0.15, 0.2) is 42.5 Å². The predicted molar refractivity (Wildman–Crippen MR) is 118 cm³/mol. The lowest BCUT2D eigenvalue weighted by Crippen LogP contribution is -2.34. The average molecular weight is 435 g/mol. The number of carbonyl (C=O) groups is 1. The molecule has 1 aliphatic carbocycles. The van der Waals surface area contributed by atoms with Gasteiger partial charge >= 0.3 is 0 Å². The number of amides is 1. The van der Waals surface area contributed by atoms with Crippen molar-refractivity contribution in [2.45, 2.75) is 45.1 Å². The van der Waals surface area contributed by atoms with Gasteiger partial charge in [-0.3, -0.25) is 9.10 Å². The quantitative estimate of drug-likeness (QED) is 0.702. The molecule has 1 N–H and O–H groups in total. The lowest BCUT2D eigenvalue weighted by Gasteiger charge is -2.27. The van der Waals surface area contributed by atoms with Gasteiger partial charge in [0.15, 0.2) is 0 Å². The Kier molecular flexibility index (Phi) is 6.85. The second-order valence-electron chi connectivity index (χ2n) is 7.58. The van der Waals surface area contributed by atoms with Gasteiger partial charge in [-0.2, -0.15) is 0 Å². The third kappa shape index (κ3) is 5.52. The van der Waals surface area contributed by atoms with Crippen LogP contribution in [0.1, 0.15) is 48.4 Å². The predicted octanol–water partition coefficient (Wildman–Crippen LogP) is 4.39. The van der Waals surface area contributed by atoms with Crippen molar-refractivity contribution in [2.75, 3.05) is 17.1 Å². The molecular weight excluding hydrogens is 408 g/mol. The molecule has 1 amide bonds. The average Bonchev–Trinajstić information content (AvgIpc) is 2.67. The van der Waals surface area contributed by atoms with Crippen molar-refractivity contribution in [1.82, 2.24) is 5.32 Å². The summed E-state index contributed by atoms with van der Waals surface area (Å²) >= 11 is 6.06. The third-order valence-corrected chi connectivity index (χ3v) is 6.72. The fourth-order valence-corrected chi connectivity index (χ4v) is 5.05. The van der Waals surface area contributed by atoms with E-state index in [0.29, 0.717) is 17.1 Å². The number of rotatable bonds is 7. The first kappa shape index (κ1) is 21.7. The standard InChI is InChI=1S/C22H27ClN2O3S/c1-16-12-13-18(23)15-21(16)25(29(2,27)28)14-6-11-22(26)24-20-10-5-8-17-7-3-4-9-19(17)20/h3-4,7,9,12-13,15,20H,5-6,8,10-11,14H2,1-2H3,(H,24,26)/t20-/m0/s1. The molecule has 3 rings (SSSR count). The van der Waals surface area contributed by atoms with Crippen LogP contribution in [0.4, 0.5) is 5.69 Å². The molecule has 0 saturated carbocycles. The maximum absolute atomic E-state index is 12.5. The smallest absolute Gasteiger partial charge is 0.232 e. The number of hydrogen-bond acceptors (Lipinski definition) is 3. The molecule has 0 heterocycles. The summed E-state index contributed by atoms with van der Waals surface area (Å²) in [6, 6.07) is 13.4. The first-order valence-corrected chi connectivity index (χ1v) is 12.1. The Bertz CT molecular complexity index is 991. The minimum absolute atomic E-state index is 0.0358. The largest absolute Gasteiger partial charge is 0.349 e. The lowest BCUT2D eigenvalue weighted by atomic mass is 9.87. The summed E-state index contributed by atoms with van der Waals surface area (Å²) in [6.07, 6.45) is 4.90. The van der Waals surface area contributed by atoms with Gasteiger partial charge in [0.25, 0.3) is 0 Å². The van der Waals surface area contributed by atoms with Gasteiger partial charge in [0, 0.05) is 18.0 Å². The van der Waals surface area contributed by atoms with Gasteiger partial charge < -0.3 is 5.32 Å². The molecule has 0 aromatic heterocycles. The highest BCUT2D eigenvalue weighted by atomic mass is 35.5. The van der Waals surface area contributed by atoms with E-state index in [0.717, 1.165) is 24.8 Å². The maximum Gasteiger partial charge on any atom is 0.232 e. The van der Waals surface area contributed by atoms with Crippen LogP contribution in [0.3, 0.4) is 0 Å². The fourth-order valence-electron chi connectivity index (χ4n) is 3.87. The molecule has 2 aromatic carbocycles. The van der Waals surface area contributed by atoms with E-state index in [1.807, 2.05) is 19.1 Å². The van der Waals surface area contributed by atoms with E-state index in [1.165, 1.54) is 21.7 Å². The highest BCUT2D eigenvalue weighted by Crippen LogP contribution is 2.30. The Morgan fingerprint density at radius 2 is 2.00 bits per heavy atom. The second kappa shape index (κ2) is 9.18. The molecule has 0 bridgehead atoms. The number of carbonyl (C=O) groups excluding carboxylic acids is 1. The Morgan fingerprint density at radius 1 is 1.24 bits per heavy atom. The number of hydrogen-bond donors (Lipinski definition) is 1. The van der Waals surface area contributed by atoms with Crippen molar-refractivity contribution in [3.8, 4) is 0 Å². The number of nitrogens with zero attached hydrogens (tertiary/aromatic N) is 1. The summed E-state index contributed by atoms with van der Waals surface area (Å²) < 4.78 is 25.9. The number of benzene rings is 2. The van der Waals surface area contributed by atoms with Crippen LogP contribution in [-0.4, -0.2) is 27.1 Å². The highest BCUT2D eigenvalue weighted by Gasteiger charge is 2.23. The molecule has 0 saturated heterocycles. The Morgan fingerprint density at radius 3 is 2.76 bits per heavy atom. The van der Waals surface area contributed by atoms with Gasteiger partial charge in [-0.05, 0) is 61.4 Å². The summed E-state index contributed by atoms with van der Waals surface area (Å²) in [7, 11) is -3.48. The van der Waals surface area contributed by atoms with Crippen molar-refractivity contribution in [3.05, 3.63) is 64.2 Å². The number of fused-ring (bicyclic) bond motifs is 1. The molecule has 0 spiro atoms. The molecule has 1 aliphatic rings. The van der Waals surface area contributed by atoms with Crippen LogP contribution in [0.5, 0.6) is 0 Å². The van der Waals surface area contributed by atoms with Crippen molar-refractivity contribution in [1.29, 1.82) is 0 Å². The van der Waals surface area contributed by atoms with E-state index >= 15 is 0 Å². The molecule has 0 aliphatic heterocycles. The number of halogens is 1. The molecule has 0 radical (unpaired) electrons. The van der Waals surface area contributed by atoms with Crippen molar-refractivity contribution < 1.29 is 13.2 Å². The lowest BCUT2D eigenvalue weighted by molar-refractivity contribution is -0.122. The zero-order valence-electron chi connectivity index (χ0n) is 16.8. The minimum atomic E-state index is -3.48. The summed E-state index contributed by atoms with van der Waals surface area (Å²) in [5.74, 6) is -0.0528. The topological polar surface area (TPSA) is 66.5 Å². The van der Waals surface area contributed by atoms with Crippen LogP contribution in [0.25, 0.3) is 0 Å². The first-order valence-electron chi connectivity index (χ1n) is 9.87. The van der Waals surface area contributed by atoms with Gasteiger partial charge in [0.1, 0.15) is 0 Å². The van der Waals surface area contributed by atoms with Crippen LogP contribution in [0, 0.1) is 6.92 Å². The summed E-state index contributed by atoms with van der Waals surface area (Å²) in [4.78, 5) is 12.5. The summed E-state index contributed by atoms with van der Waals surface area (Å²) in [5, 5.41) is 3.60. The van der Waals surface area contributed by atoms with Crippen molar-refractivity contribution in [3.63, 3.8) is 0 Å². The molecule has 5 nitrogen and oxygen atoms in total. The Balaban J connectivity index is 1.62. The third-order valence-electron chi connectivity index (χ3n) is 5.31. The van der Waals surface area contributed by atoms with Gasteiger partial charge in [-0.25, -0.2) is 8.42 Å². The second-order valence-corrected chi connectivity index (χ2v) is 9.92. The molecule has 7 heteroatoms. The number of sulfonamides is 1. The normalized spacial score (nSPS) is 16.2. The van der Waals surface area contributed by atoms with Crippen LogP contribution < -0.4 is 9.62 Å². The van der Waals surface area contributed by atoms with Crippen LogP contribution in [-0.2, 0) is 21.2 Å². The highest BCUT2D eigenvalue weighted by molar-refractivity contribution is 7.92. The van der Waals surface area contributed by atoms with E-state index in [2.05, 4.69) is 17.4 Å². The van der Waals surface area contributed by atoms with E-state index in [4.69, 9.17) is 11.6 Å². The molecule has 0 unspecified atom stereocenters. The number of aryl methyl sites for hydroxylation is 2. The van der Waals surface area contributed by atoms with Crippen LogP contribution >= 0.6 is 11.6 Å². The molecule has 156 valence electrons. The zero-order chi connectivity index (χ0) is 21.0. The van der Waals surface area contributed by atoms with E-state index in [9.17, 15) is 13.2 Å². The van der Waals surface area contributed by atoms with Gasteiger partial charge in [0.2, 0.25) is 15.9 Å². The maximum atomic E-state index is 12.5. The minimum Gasteiger partial charge on any atom is -0.349 e. The summed E-state index contributed by atoms with van der Waals surface area (Å²) in [6.45, 7) is 2.08. The van der Waals surface area contributed by atoms with E-state index in [1.54, 1.807) is 18.2 Å². The monoisotopic (exact) mass is 434 g/mol.